The summed E-state index contributed by atoms with van der Waals surface area (Å²) in [5.74, 6) is 0.0566. The fourth-order valence-corrected chi connectivity index (χ4v) is 4.39. The highest BCUT2D eigenvalue weighted by Gasteiger charge is 2.53. The Hall–Kier alpha value is -1.63. The highest BCUT2D eigenvalue weighted by atomic mass is 16.2. The van der Waals surface area contributed by atoms with Gasteiger partial charge in [-0.15, -0.1) is 0 Å². The lowest BCUT2D eigenvalue weighted by Gasteiger charge is -2.42. The largest absolute Gasteiger partial charge is 0.344 e. The summed E-state index contributed by atoms with van der Waals surface area (Å²) in [5.41, 5.74) is 4.94. The SMILES string of the molecule is CCC(C)(C)C1CCC2(CC1)NC(=O)N(CC(=O)N(C)CC(C)(C)CN)C2=O. The quantitative estimate of drug-likeness (QED) is 0.648. The molecule has 4 amide bonds. The number of urea groups is 1. The number of carbonyl (C=O) groups excluding carboxylic acids is 3. The van der Waals surface area contributed by atoms with E-state index in [4.69, 9.17) is 5.73 Å². The molecule has 160 valence electrons. The molecule has 7 nitrogen and oxygen atoms in total. The highest BCUT2D eigenvalue weighted by molar-refractivity contribution is 6.09. The van der Waals surface area contributed by atoms with E-state index in [1.54, 1.807) is 11.9 Å². The number of imide groups is 1. The molecule has 2 fully saturated rings. The van der Waals surface area contributed by atoms with Gasteiger partial charge in [-0.1, -0.05) is 41.0 Å². The molecule has 2 rings (SSSR count). The number of amides is 4. The molecule has 0 bridgehead atoms. The van der Waals surface area contributed by atoms with Crippen LogP contribution in [0, 0.1) is 16.7 Å². The molecule has 1 aliphatic heterocycles. The Bertz CT molecular complexity index is 621. The maximum absolute atomic E-state index is 13.1. The minimum absolute atomic E-state index is 0.215. The summed E-state index contributed by atoms with van der Waals surface area (Å²) in [6.45, 7) is 11.4. The Kier molecular flexibility index (Phi) is 6.48. The van der Waals surface area contributed by atoms with Gasteiger partial charge in [-0.05, 0) is 49.0 Å². The molecule has 1 aliphatic carbocycles. The average molecular weight is 395 g/mol. The minimum Gasteiger partial charge on any atom is -0.344 e. The van der Waals surface area contributed by atoms with Crippen LogP contribution in [0.4, 0.5) is 4.79 Å². The van der Waals surface area contributed by atoms with Gasteiger partial charge in [-0.3, -0.25) is 14.5 Å². The topological polar surface area (TPSA) is 95.7 Å². The first kappa shape index (κ1) is 22.7. The van der Waals surface area contributed by atoms with Crippen LogP contribution in [0.3, 0.4) is 0 Å². The van der Waals surface area contributed by atoms with Crippen molar-refractivity contribution in [2.75, 3.05) is 26.7 Å². The van der Waals surface area contributed by atoms with E-state index < -0.39 is 11.6 Å². The monoisotopic (exact) mass is 394 g/mol. The first-order valence-electron chi connectivity index (χ1n) is 10.5. The van der Waals surface area contributed by atoms with Crippen molar-refractivity contribution in [3.8, 4) is 0 Å². The van der Waals surface area contributed by atoms with Gasteiger partial charge in [0.25, 0.3) is 5.91 Å². The van der Waals surface area contributed by atoms with Crippen LogP contribution in [0.5, 0.6) is 0 Å². The second kappa shape index (κ2) is 8.01. The van der Waals surface area contributed by atoms with E-state index in [1.165, 1.54) is 0 Å². The van der Waals surface area contributed by atoms with E-state index in [0.717, 1.165) is 24.2 Å². The van der Waals surface area contributed by atoms with Crippen molar-refractivity contribution >= 4 is 17.8 Å². The van der Waals surface area contributed by atoms with E-state index in [9.17, 15) is 14.4 Å². The molecule has 1 spiro atoms. The van der Waals surface area contributed by atoms with Crippen molar-refractivity contribution in [2.45, 2.75) is 72.3 Å². The Labute approximate surface area is 169 Å². The van der Waals surface area contributed by atoms with Crippen LogP contribution in [0.2, 0.25) is 0 Å². The van der Waals surface area contributed by atoms with Crippen LogP contribution >= 0.6 is 0 Å². The lowest BCUT2D eigenvalue weighted by Crippen LogP contribution is -2.51. The summed E-state index contributed by atoms with van der Waals surface area (Å²) in [4.78, 5) is 40.8. The molecule has 28 heavy (non-hydrogen) atoms. The molecule has 0 atom stereocenters. The number of nitrogens with two attached hydrogens (primary N) is 1. The van der Waals surface area contributed by atoms with E-state index in [0.29, 0.717) is 31.8 Å². The molecular weight excluding hydrogens is 356 g/mol. The second-order valence-corrected chi connectivity index (χ2v) is 10.1. The Balaban J connectivity index is 2.01. The zero-order valence-electron chi connectivity index (χ0n) is 18.4. The first-order valence-corrected chi connectivity index (χ1v) is 10.5. The molecule has 0 aromatic rings. The molecule has 2 aliphatic rings. The smallest absolute Gasteiger partial charge is 0.325 e. The second-order valence-electron chi connectivity index (χ2n) is 10.1. The van der Waals surface area contributed by atoms with Gasteiger partial charge in [0.2, 0.25) is 5.91 Å². The molecule has 0 unspecified atom stereocenters. The van der Waals surface area contributed by atoms with Gasteiger partial charge in [0.1, 0.15) is 12.1 Å². The Morgan fingerprint density at radius 1 is 1.25 bits per heavy atom. The molecule has 0 aromatic heterocycles. The number of rotatable bonds is 7. The molecular formula is C21H38N4O3. The lowest BCUT2D eigenvalue weighted by atomic mass is 9.65. The van der Waals surface area contributed by atoms with Gasteiger partial charge in [-0.2, -0.15) is 0 Å². The Morgan fingerprint density at radius 2 is 1.82 bits per heavy atom. The van der Waals surface area contributed by atoms with Gasteiger partial charge in [-0.25, -0.2) is 4.79 Å². The van der Waals surface area contributed by atoms with E-state index in [1.807, 2.05) is 13.8 Å². The summed E-state index contributed by atoms with van der Waals surface area (Å²) < 4.78 is 0. The molecule has 1 saturated carbocycles. The van der Waals surface area contributed by atoms with Crippen LogP contribution in [0.1, 0.15) is 66.7 Å². The normalized spacial score (nSPS) is 26.0. The van der Waals surface area contributed by atoms with Crippen LogP contribution in [0.15, 0.2) is 0 Å². The predicted octanol–water partition coefficient (Wildman–Crippen LogP) is 2.35. The van der Waals surface area contributed by atoms with Crippen molar-refractivity contribution in [1.82, 2.24) is 15.1 Å². The van der Waals surface area contributed by atoms with Gasteiger partial charge in [0.05, 0.1) is 0 Å². The van der Waals surface area contributed by atoms with Crippen molar-refractivity contribution < 1.29 is 14.4 Å². The predicted molar refractivity (Wildman–Crippen MR) is 109 cm³/mol. The molecule has 0 radical (unpaired) electrons. The first-order chi connectivity index (χ1) is 12.9. The number of carbonyl (C=O) groups is 3. The minimum atomic E-state index is -0.827. The lowest BCUT2D eigenvalue weighted by molar-refractivity contribution is -0.139. The molecule has 3 N–H and O–H groups in total. The summed E-state index contributed by atoms with van der Waals surface area (Å²) in [5, 5.41) is 2.91. The Morgan fingerprint density at radius 3 is 2.32 bits per heavy atom. The maximum Gasteiger partial charge on any atom is 0.325 e. The van der Waals surface area contributed by atoms with Crippen LogP contribution in [-0.2, 0) is 9.59 Å². The van der Waals surface area contributed by atoms with Crippen molar-refractivity contribution in [1.29, 1.82) is 0 Å². The highest BCUT2D eigenvalue weighted by Crippen LogP contribution is 2.45. The van der Waals surface area contributed by atoms with Gasteiger partial charge < -0.3 is 16.0 Å². The molecule has 1 heterocycles. The number of nitrogens with one attached hydrogen (secondary N) is 1. The summed E-state index contributed by atoms with van der Waals surface area (Å²) in [6.07, 6.45) is 4.22. The van der Waals surface area contributed by atoms with Crippen molar-refractivity contribution in [3.63, 3.8) is 0 Å². The third-order valence-electron chi connectivity index (χ3n) is 7.04. The summed E-state index contributed by atoms with van der Waals surface area (Å²) in [6, 6.07) is -0.446. The van der Waals surface area contributed by atoms with Crippen molar-refractivity contribution in [2.24, 2.45) is 22.5 Å². The molecule has 1 saturated heterocycles. The van der Waals surface area contributed by atoms with Gasteiger partial charge >= 0.3 is 6.03 Å². The van der Waals surface area contributed by atoms with E-state index in [-0.39, 0.29) is 29.2 Å². The van der Waals surface area contributed by atoms with Crippen LogP contribution in [0.25, 0.3) is 0 Å². The standard InChI is InChI=1S/C21H38N4O3/c1-7-20(4,5)15-8-10-21(11-9-15)17(27)25(18(28)23-21)12-16(26)24(6)14-19(2,3)13-22/h15H,7-14,22H2,1-6H3,(H,23,28). The van der Waals surface area contributed by atoms with Crippen molar-refractivity contribution in [3.05, 3.63) is 0 Å². The zero-order chi connectivity index (χ0) is 21.3. The number of hydrogen-bond donors (Lipinski definition) is 2. The van der Waals surface area contributed by atoms with Crippen LogP contribution < -0.4 is 11.1 Å². The van der Waals surface area contributed by atoms with E-state index in [2.05, 4.69) is 26.1 Å². The van der Waals surface area contributed by atoms with Gasteiger partial charge in [0, 0.05) is 13.6 Å². The number of likely N-dealkylation sites (N-methyl/N-ethyl adjacent to an activating group) is 1. The summed E-state index contributed by atoms with van der Waals surface area (Å²) in [7, 11) is 1.69. The third kappa shape index (κ3) is 4.50. The molecule has 0 aromatic carbocycles. The number of hydrogen-bond acceptors (Lipinski definition) is 4. The zero-order valence-corrected chi connectivity index (χ0v) is 18.4. The summed E-state index contributed by atoms with van der Waals surface area (Å²) >= 11 is 0. The van der Waals surface area contributed by atoms with Crippen LogP contribution in [-0.4, -0.2) is 59.9 Å². The fraction of sp³-hybridized carbons (Fsp3) is 0.857. The van der Waals surface area contributed by atoms with E-state index >= 15 is 0 Å². The third-order valence-corrected chi connectivity index (χ3v) is 7.04. The average Bonchev–Trinajstić information content (AvgIpc) is 2.85. The maximum atomic E-state index is 13.1. The fourth-order valence-electron chi connectivity index (χ4n) is 4.39. The number of nitrogens with zero attached hydrogens (tertiary/aromatic N) is 2. The van der Waals surface area contributed by atoms with Gasteiger partial charge in [0.15, 0.2) is 0 Å². The molecule has 7 heteroatoms.